The van der Waals surface area contributed by atoms with Crippen LogP contribution in [0.1, 0.15) is 54.0 Å². The maximum absolute atomic E-state index is 3.81. The quantitative estimate of drug-likeness (QED) is 0.888. The van der Waals surface area contributed by atoms with Gasteiger partial charge >= 0.3 is 0 Å². The highest BCUT2D eigenvalue weighted by atomic mass is 32.1. The molecule has 1 aliphatic carbocycles. The first-order valence-electron chi connectivity index (χ1n) is 7.66. The van der Waals surface area contributed by atoms with Gasteiger partial charge in [-0.3, -0.25) is 4.90 Å². The van der Waals surface area contributed by atoms with Crippen LogP contribution in [-0.2, 0) is 0 Å². The number of hydrogen-bond acceptors (Lipinski definition) is 3. The lowest BCUT2D eigenvalue weighted by Gasteiger charge is -2.44. The second-order valence-electron chi connectivity index (χ2n) is 6.43. The molecule has 1 aromatic rings. The molecule has 1 aliphatic heterocycles. The van der Waals surface area contributed by atoms with Gasteiger partial charge in [-0.2, -0.15) is 0 Å². The first kappa shape index (κ1) is 13.6. The zero-order chi connectivity index (χ0) is 13.5. The molecule has 2 nitrogen and oxygen atoms in total. The van der Waals surface area contributed by atoms with Crippen LogP contribution in [0.2, 0.25) is 0 Å². The third-order valence-electron chi connectivity index (χ3n) is 5.04. The van der Waals surface area contributed by atoms with Gasteiger partial charge in [0.15, 0.2) is 0 Å². The molecule has 0 bridgehead atoms. The fourth-order valence-corrected chi connectivity index (χ4v) is 4.98. The van der Waals surface area contributed by atoms with Crippen LogP contribution in [-0.4, -0.2) is 30.1 Å². The van der Waals surface area contributed by atoms with Crippen molar-refractivity contribution >= 4 is 11.3 Å². The summed E-state index contributed by atoms with van der Waals surface area (Å²) in [6.45, 7) is 10.5. The molecular weight excluding hydrogens is 252 g/mol. The Bertz CT molecular complexity index is 446. The fourth-order valence-electron chi connectivity index (χ4n) is 3.97. The fraction of sp³-hybridized carbons (Fsp3) is 0.750. The molecule has 1 N–H and O–H groups in total. The number of piperazine rings is 1. The molecule has 1 spiro atoms. The third-order valence-corrected chi connectivity index (χ3v) is 6.02. The molecule has 1 atom stereocenters. The van der Waals surface area contributed by atoms with E-state index >= 15 is 0 Å². The van der Waals surface area contributed by atoms with E-state index in [2.05, 4.69) is 37.1 Å². The van der Waals surface area contributed by atoms with Crippen molar-refractivity contribution in [1.29, 1.82) is 0 Å². The summed E-state index contributed by atoms with van der Waals surface area (Å²) in [7, 11) is 0. The number of thiophene rings is 1. The minimum atomic E-state index is 0.436. The average molecular weight is 278 g/mol. The molecule has 2 aliphatic rings. The zero-order valence-electron chi connectivity index (χ0n) is 12.5. The van der Waals surface area contributed by atoms with Crippen molar-refractivity contribution in [3.8, 4) is 0 Å². The Morgan fingerprint density at radius 3 is 2.68 bits per heavy atom. The summed E-state index contributed by atoms with van der Waals surface area (Å²) in [4.78, 5) is 5.66. The van der Waals surface area contributed by atoms with Gasteiger partial charge in [0.2, 0.25) is 0 Å². The van der Waals surface area contributed by atoms with Crippen LogP contribution < -0.4 is 5.32 Å². The Morgan fingerprint density at radius 2 is 2.05 bits per heavy atom. The topological polar surface area (TPSA) is 15.3 Å². The molecule has 1 saturated carbocycles. The van der Waals surface area contributed by atoms with E-state index in [4.69, 9.17) is 0 Å². The summed E-state index contributed by atoms with van der Waals surface area (Å²) in [6, 6.07) is 2.97. The van der Waals surface area contributed by atoms with Crippen molar-refractivity contribution in [1.82, 2.24) is 10.2 Å². The summed E-state index contributed by atoms with van der Waals surface area (Å²) >= 11 is 1.94. The second kappa shape index (κ2) is 5.19. The lowest BCUT2D eigenvalue weighted by molar-refractivity contribution is 0.101. The number of aryl methyl sites for hydroxylation is 2. The minimum Gasteiger partial charge on any atom is -0.309 e. The van der Waals surface area contributed by atoms with Gasteiger partial charge in [0.05, 0.1) is 0 Å². The van der Waals surface area contributed by atoms with Crippen molar-refractivity contribution < 1.29 is 0 Å². The van der Waals surface area contributed by atoms with E-state index in [-0.39, 0.29) is 0 Å². The Labute approximate surface area is 121 Å². The van der Waals surface area contributed by atoms with Crippen LogP contribution in [0.3, 0.4) is 0 Å². The molecule has 0 aromatic carbocycles. The van der Waals surface area contributed by atoms with Crippen LogP contribution in [0.4, 0.5) is 0 Å². The van der Waals surface area contributed by atoms with E-state index in [9.17, 15) is 0 Å². The zero-order valence-corrected chi connectivity index (χ0v) is 13.3. The van der Waals surface area contributed by atoms with Crippen molar-refractivity contribution in [2.24, 2.45) is 0 Å². The first-order chi connectivity index (χ1) is 9.10. The van der Waals surface area contributed by atoms with Gasteiger partial charge in [-0.05, 0) is 45.2 Å². The summed E-state index contributed by atoms with van der Waals surface area (Å²) in [5, 5.41) is 3.81. The maximum Gasteiger partial charge on any atom is 0.0332 e. The second-order valence-corrected chi connectivity index (χ2v) is 7.89. The highest BCUT2D eigenvalue weighted by molar-refractivity contribution is 7.12. The summed E-state index contributed by atoms with van der Waals surface area (Å²) in [6.07, 6.45) is 5.56. The van der Waals surface area contributed by atoms with Crippen molar-refractivity contribution in [2.75, 3.05) is 19.6 Å². The van der Waals surface area contributed by atoms with Crippen LogP contribution in [0.5, 0.6) is 0 Å². The van der Waals surface area contributed by atoms with E-state index in [1.165, 1.54) is 48.5 Å². The Hall–Kier alpha value is -0.380. The monoisotopic (exact) mass is 278 g/mol. The third kappa shape index (κ3) is 2.61. The van der Waals surface area contributed by atoms with Gasteiger partial charge in [-0.15, -0.1) is 11.3 Å². The largest absolute Gasteiger partial charge is 0.309 e. The van der Waals surface area contributed by atoms with Crippen molar-refractivity contribution in [3.05, 3.63) is 21.4 Å². The van der Waals surface area contributed by atoms with Crippen LogP contribution in [0, 0.1) is 13.8 Å². The molecule has 3 heteroatoms. The van der Waals surface area contributed by atoms with Gasteiger partial charge in [-0.25, -0.2) is 0 Å². The molecule has 19 heavy (non-hydrogen) atoms. The number of rotatable bonds is 2. The van der Waals surface area contributed by atoms with Gasteiger partial charge in [0.25, 0.3) is 0 Å². The van der Waals surface area contributed by atoms with Crippen LogP contribution >= 0.6 is 11.3 Å². The molecule has 0 radical (unpaired) electrons. The van der Waals surface area contributed by atoms with Gasteiger partial charge in [0.1, 0.15) is 0 Å². The normalized spacial score (nSPS) is 25.0. The van der Waals surface area contributed by atoms with E-state index in [1.54, 1.807) is 5.56 Å². The molecule has 1 saturated heterocycles. The van der Waals surface area contributed by atoms with Gasteiger partial charge in [-0.1, -0.05) is 12.8 Å². The lowest BCUT2D eigenvalue weighted by Crippen LogP contribution is -2.59. The number of hydrogen-bond donors (Lipinski definition) is 1. The smallest absolute Gasteiger partial charge is 0.0332 e. The predicted octanol–water partition coefficient (Wildman–Crippen LogP) is 3.64. The van der Waals surface area contributed by atoms with E-state index in [0.717, 1.165) is 6.54 Å². The molecule has 1 aromatic heterocycles. The van der Waals surface area contributed by atoms with Crippen LogP contribution in [0.15, 0.2) is 6.07 Å². The first-order valence-corrected chi connectivity index (χ1v) is 8.47. The molecule has 3 rings (SSSR count). The molecule has 2 heterocycles. The molecule has 106 valence electrons. The highest BCUT2D eigenvalue weighted by Crippen LogP contribution is 2.36. The summed E-state index contributed by atoms with van der Waals surface area (Å²) < 4.78 is 0. The van der Waals surface area contributed by atoms with Crippen molar-refractivity contribution in [2.45, 2.75) is 58.0 Å². The Morgan fingerprint density at radius 1 is 1.32 bits per heavy atom. The van der Waals surface area contributed by atoms with E-state index < -0.39 is 0 Å². The maximum atomic E-state index is 3.81. The minimum absolute atomic E-state index is 0.436. The number of nitrogens with zero attached hydrogens (tertiary/aromatic N) is 1. The van der Waals surface area contributed by atoms with Crippen LogP contribution in [0.25, 0.3) is 0 Å². The summed E-state index contributed by atoms with van der Waals surface area (Å²) in [5.41, 5.74) is 1.99. The number of nitrogens with one attached hydrogen (secondary N) is 1. The Balaban J connectivity index is 1.76. The van der Waals surface area contributed by atoms with Gasteiger partial charge < -0.3 is 5.32 Å². The molecule has 1 unspecified atom stereocenters. The lowest BCUT2D eigenvalue weighted by atomic mass is 9.93. The van der Waals surface area contributed by atoms with E-state index in [0.29, 0.717) is 11.6 Å². The SMILES string of the molecule is Cc1cc(C(C)N2CCNC3(CCCC3)C2)c(C)s1. The standard InChI is InChI=1S/C16H26N2S/c1-12-10-15(14(3)19-12)13(2)18-9-8-17-16(11-18)6-4-5-7-16/h10,13,17H,4-9,11H2,1-3H3. The summed E-state index contributed by atoms with van der Waals surface area (Å²) in [5.74, 6) is 0. The molecule has 0 amide bonds. The average Bonchev–Trinajstić information content (AvgIpc) is 2.96. The molecular formula is C16H26N2S. The highest BCUT2D eigenvalue weighted by Gasteiger charge is 2.39. The predicted molar refractivity (Wildman–Crippen MR) is 83.0 cm³/mol. The van der Waals surface area contributed by atoms with Gasteiger partial charge in [0, 0.05) is 41.0 Å². The Kier molecular flexibility index (Phi) is 3.71. The van der Waals surface area contributed by atoms with Crippen molar-refractivity contribution in [3.63, 3.8) is 0 Å². The van der Waals surface area contributed by atoms with E-state index in [1.807, 2.05) is 11.3 Å². The molecule has 2 fully saturated rings.